The number of carbonyl (C=O) groups excluding carboxylic acids is 1. The zero-order valence-electron chi connectivity index (χ0n) is 20.7. The van der Waals surface area contributed by atoms with Gasteiger partial charge in [0.15, 0.2) is 0 Å². The van der Waals surface area contributed by atoms with Gasteiger partial charge in [0.1, 0.15) is 5.75 Å². The summed E-state index contributed by atoms with van der Waals surface area (Å²) in [5.74, 6) is 0.394. The Morgan fingerprint density at radius 2 is 1.58 bits per heavy atom. The molecule has 1 atom stereocenters. The highest BCUT2D eigenvalue weighted by Gasteiger charge is 2.06. The third-order valence-corrected chi connectivity index (χ3v) is 6.55. The summed E-state index contributed by atoms with van der Waals surface area (Å²) in [7, 11) is 0. The maximum Gasteiger partial charge on any atom is 0.220 e. The van der Waals surface area contributed by atoms with E-state index in [0.29, 0.717) is 13.0 Å². The molecule has 5 nitrogen and oxygen atoms in total. The van der Waals surface area contributed by atoms with Crippen LogP contribution in [0.2, 0.25) is 0 Å². The Morgan fingerprint density at radius 3 is 2.27 bits per heavy atom. The van der Waals surface area contributed by atoms with E-state index in [1.165, 1.54) is 57.8 Å². The zero-order valence-corrected chi connectivity index (χ0v) is 20.7. The quantitative estimate of drug-likeness (QED) is 0.175. The van der Waals surface area contributed by atoms with Gasteiger partial charge in [0.25, 0.3) is 0 Å². The van der Waals surface area contributed by atoms with Crippen molar-refractivity contribution in [3.63, 3.8) is 0 Å². The van der Waals surface area contributed by atoms with Gasteiger partial charge in [0, 0.05) is 30.1 Å². The average molecular weight is 459 g/mol. The van der Waals surface area contributed by atoms with Crippen LogP contribution in [0, 0.1) is 0 Å². The van der Waals surface area contributed by atoms with Crippen molar-refractivity contribution >= 4 is 16.8 Å². The van der Waals surface area contributed by atoms with Crippen LogP contribution < -0.4 is 5.32 Å². The minimum atomic E-state index is -0.0937. The predicted octanol–water partition coefficient (Wildman–Crippen LogP) is 6.76. The SMILES string of the molecule is CCCCCCC(O)CCCCCCCCCCC(=O)NCCc1c[nH]c2ccc(O)cc12. The summed E-state index contributed by atoms with van der Waals surface area (Å²) in [5.41, 5.74) is 2.12. The molecule has 0 radical (unpaired) electrons. The van der Waals surface area contributed by atoms with Crippen LogP contribution >= 0.6 is 0 Å². The van der Waals surface area contributed by atoms with Crippen molar-refractivity contribution in [1.29, 1.82) is 0 Å². The van der Waals surface area contributed by atoms with Gasteiger partial charge in [-0.15, -0.1) is 0 Å². The summed E-state index contributed by atoms with van der Waals surface area (Å²) in [6.07, 6.45) is 19.5. The molecule has 5 heteroatoms. The number of fused-ring (bicyclic) bond motifs is 1. The Morgan fingerprint density at radius 1 is 0.939 bits per heavy atom. The van der Waals surface area contributed by atoms with Crippen molar-refractivity contribution in [2.24, 2.45) is 0 Å². The highest BCUT2D eigenvalue weighted by Crippen LogP contribution is 2.23. The molecule has 1 heterocycles. The summed E-state index contributed by atoms with van der Waals surface area (Å²) < 4.78 is 0. The van der Waals surface area contributed by atoms with E-state index in [4.69, 9.17) is 0 Å². The Kier molecular flexibility index (Phi) is 13.7. The molecule has 0 saturated carbocycles. The molecule has 4 N–H and O–H groups in total. The molecule has 1 unspecified atom stereocenters. The van der Waals surface area contributed by atoms with Crippen LogP contribution in [0.1, 0.15) is 109 Å². The third kappa shape index (κ3) is 11.6. The Labute approximate surface area is 200 Å². The summed E-state index contributed by atoms with van der Waals surface area (Å²) >= 11 is 0. The van der Waals surface area contributed by atoms with Gasteiger partial charge in [-0.3, -0.25) is 4.79 Å². The van der Waals surface area contributed by atoms with Crippen molar-refractivity contribution in [2.75, 3.05) is 6.54 Å². The summed E-state index contributed by atoms with van der Waals surface area (Å²) in [6, 6.07) is 5.31. The van der Waals surface area contributed by atoms with Crippen LogP contribution in [-0.4, -0.2) is 33.8 Å². The molecule has 0 aliphatic heterocycles. The highest BCUT2D eigenvalue weighted by atomic mass is 16.3. The maximum absolute atomic E-state index is 12.1. The topological polar surface area (TPSA) is 85.4 Å². The molecule has 1 amide bonds. The molecule has 1 aromatic heterocycles. The van der Waals surface area contributed by atoms with Crippen LogP contribution in [0.5, 0.6) is 5.75 Å². The number of unbranched alkanes of at least 4 members (excludes halogenated alkanes) is 10. The van der Waals surface area contributed by atoms with E-state index in [-0.39, 0.29) is 17.8 Å². The fraction of sp³-hybridized carbons (Fsp3) is 0.679. The fourth-order valence-corrected chi connectivity index (χ4v) is 4.48. The van der Waals surface area contributed by atoms with E-state index >= 15 is 0 Å². The second-order valence-corrected chi connectivity index (χ2v) is 9.51. The first kappa shape index (κ1) is 27.2. The number of rotatable bonds is 19. The van der Waals surface area contributed by atoms with Crippen LogP contribution in [0.25, 0.3) is 10.9 Å². The number of benzene rings is 1. The molecule has 0 saturated heterocycles. The third-order valence-electron chi connectivity index (χ3n) is 6.55. The molecule has 0 fully saturated rings. The number of hydrogen-bond acceptors (Lipinski definition) is 3. The molecular formula is C28H46N2O3. The number of H-pyrrole nitrogens is 1. The molecule has 2 aromatic rings. The molecular weight excluding hydrogens is 412 g/mol. The molecule has 33 heavy (non-hydrogen) atoms. The highest BCUT2D eigenvalue weighted by molar-refractivity contribution is 5.84. The van der Waals surface area contributed by atoms with Gasteiger partial charge in [-0.25, -0.2) is 0 Å². The lowest BCUT2D eigenvalue weighted by Gasteiger charge is -2.10. The second-order valence-electron chi connectivity index (χ2n) is 9.51. The van der Waals surface area contributed by atoms with Gasteiger partial charge in [0.2, 0.25) is 5.91 Å². The van der Waals surface area contributed by atoms with Crippen LogP contribution in [-0.2, 0) is 11.2 Å². The predicted molar refractivity (Wildman–Crippen MR) is 138 cm³/mol. The number of aliphatic hydroxyl groups excluding tert-OH is 1. The number of aromatic amines is 1. The van der Waals surface area contributed by atoms with Crippen molar-refractivity contribution in [1.82, 2.24) is 10.3 Å². The van der Waals surface area contributed by atoms with Gasteiger partial charge >= 0.3 is 0 Å². The van der Waals surface area contributed by atoms with E-state index in [9.17, 15) is 15.0 Å². The Hall–Kier alpha value is -2.01. The molecule has 2 rings (SSSR count). The van der Waals surface area contributed by atoms with Crippen LogP contribution in [0.15, 0.2) is 24.4 Å². The Balaban J connectivity index is 1.39. The number of carbonyl (C=O) groups is 1. The molecule has 0 aliphatic rings. The number of amides is 1. The summed E-state index contributed by atoms with van der Waals surface area (Å²) in [4.78, 5) is 15.3. The smallest absolute Gasteiger partial charge is 0.220 e. The number of aromatic nitrogens is 1. The van der Waals surface area contributed by atoms with Gasteiger partial charge in [-0.1, -0.05) is 77.6 Å². The first-order chi connectivity index (χ1) is 16.1. The normalized spacial score (nSPS) is 12.3. The van der Waals surface area contributed by atoms with Crippen molar-refractivity contribution in [3.8, 4) is 5.75 Å². The van der Waals surface area contributed by atoms with E-state index in [2.05, 4.69) is 17.2 Å². The number of aliphatic hydroxyl groups is 1. The van der Waals surface area contributed by atoms with E-state index in [1.807, 2.05) is 12.3 Å². The summed E-state index contributed by atoms with van der Waals surface area (Å²) in [5, 5.41) is 23.7. The summed E-state index contributed by atoms with van der Waals surface area (Å²) in [6.45, 7) is 2.84. The standard InChI is InChI=1S/C28H46N2O3/c1-2-3-4-11-14-24(31)15-12-9-7-5-6-8-10-13-16-28(33)29-20-19-23-22-30-27-18-17-25(32)21-26(23)27/h17-18,21-22,24,30-32H,2-16,19-20H2,1H3,(H,29,33). The average Bonchev–Trinajstić information content (AvgIpc) is 3.20. The largest absolute Gasteiger partial charge is 0.508 e. The van der Waals surface area contributed by atoms with Gasteiger partial charge in [0.05, 0.1) is 6.10 Å². The zero-order chi connectivity index (χ0) is 23.7. The van der Waals surface area contributed by atoms with Gasteiger partial charge < -0.3 is 20.5 Å². The van der Waals surface area contributed by atoms with Crippen molar-refractivity contribution < 1.29 is 15.0 Å². The molecule has 1 aromatic carbocycles. The lowest BCUT2D eigenvalue weighted by atomic mass is 10.0. The first-order valence-corrected chi connectivity index (χ1v) is 13.3. The molecule has 186 valence electrons. The number of hydrogen-bond donors (Lipinski definition) is 4. The molecule has 0 spiro atoms. The lowest BCUT2D eigenvalue weighted by Crippen LogP contribution is -2.25. The maximum atomic E-state index is 12.1. The number of phenols is 1. The Bertz CT molecular complexity index is 787. The lowest BCUT2D eigenvalue weighted by molar-refractivity contribution is -0.121. The number of aromatic hydroxyl groups is 1. The van der Waals surface area contributed by atoms with Crippen LogP contribution in [0.3, 0.4) is 0 Å². The number of nitrogens with one attached hydrogen (secondary N) is 2. The van der Waals surface area contributed by atoms with Crippen molar-refractivity contribution in [2.45, 2.75) is 116 Å². The van der Waals surface area contributed by atoms with Crippen LogP contribution in [0.4, 0.5) is 0 Å². The first-order valence-electron chi connectivity index (χ1n) is 13.3. The number of phenolic OH excluding ortho intramolecular Hbond substituents is 1. The van der Waals surface area contributed by atoms with E-state index in [0.717, 1.165) is 55.0 Å². The minimum Gasteiger partial charge on any atom is -0.508 e. The van der Waals surface area contributed by atoms with E-state index < -0.39 is 0 Å². The fourth-order valence-electron chi connectivity index (χ4n) is 4.48. The van der Waals surface area contributed by atoms with Gasteiger partial charge in [-0.05, 0) is 49.4 Å². The minimum absolute atomic E-state index is 0.0937. The van der Waals surface area contributed by atoms with Gasteiger partial charge in [-0.2, -0.15) is 0 Å². The monoisotopic (exact) mass is 458 g/mol. The van der Waals surface area contributed by atoms with E-state index in [1.54, 1.807) is 12.1 Å². The van der Waals surface area contributed by atoms with Crippen molar-refractivity contribution in [3.05, 3.63) is 30.0 Å². The molecule has 0 bridgehead atoms. The molecule has 0 aliphatic carbocycles. The second kappa shape index (κ2) is 16.6.